The number of carbonyl (C=O) groups excluding carboxylic acids is 1. The molecular formula is C12H18O5S5. The van der Waals surface area contributed by atoms with Gasteiger partial charge in [0.2, 0.25) is 8.77 Å². The van der Waals surface area contributed by atoms with E-state index in [0.717, 1.165) is 11.8 Å². The molecule has 0 aliphatic rings. The molecule has 0 amide bonds. The van der Waals surface area contributed by atoms with Crippen LogP contribution in [-0.2, 0) is 23.7 Å². The number of hydrogen-bond acceptors (Lipinski definition) is 10. The number of esters is 1. The lowest BCUT2D eigenvalue weighted by Gasteiger charge is -2.09. The Balaban J connectivity index is 3.58. The first-order chi connectivity index (χ1) is 10.5. The lowest BCUT2D eigenvalue weighted by molar-refractivity contribution is -0.141. The highest BCUT2D eigenvalue weighted by molar-refractivity contribution is 8.23. The first-order valence-corrected chi connectivity index (χ1v) is 9.59. The molecule has 0 bridgehead atoms. The molecule has 0 radical (unpaired) electrons. The van der Waals surface area contributed by atoms with Gasteiger partial charge in [-0.3, -0.25) is 4.79 Å². The fourth-order valence-electron chi connectivity index (χ4n) is 0.949. The molecule has 0 aliphatic carbocycles. The third-order valence-corrected chi connectivity index (χ3v) is 4.63. The fraction of sp³-hybridized carbons (Fsp3) is 0.667. The van der Waals surface area contributed by atoms with Gasteiger partial charge in [0.15, 0.2) is 5.05 Å². The van der Waals surface area contributed by atoms with E-state index in [1.807, 2.05) is 13.8 Å². The van der Waals surface area contributed by atoms with E-state index < -0.39 is 0 Å². The second-order valence-corrected chi connectivity index (χ2v) is 6.99. The zero-order valence-electron chi connectivity index (χ0n) is 12.3. The minimum absolute atomic E-state index is 0.113. The van der Waals surface area contributed by atoms with Gasteiger partial charge in [-0.1, -0.05) is 23.5 Å². The van der Waals surface area contributed by atoms with Crippen molar-refractivity contribution >= 4 is 80.0 Å². The molecule has 10 heteroatoms. The van der Waals surface area contributed by atoms with Crippen LogP contribution in [0.2, 0.25) is 0 Å². The van der Waals surface area contributed by atoms with E-state index in [1.165, 1.54) is 11.8 Å². The Kier molecular flexibility index (Phi) is 14.3. The van der Waals surface area contributed by atoms with Crippen molar-refractivity contribution in [2.75, 3.05) is 37.9 Å². The SMILES string of the molecule is CCOC(=S)SCC(=O)OCCOC(=S)CSC(=S)OCC. The van der Waals surface area contributed by atoms with Crippen LogP contribution in [0.4, 0.5) is 0 Å². The summed E-state index contributed by atoms with van der Waals surface area (Å²) in [5.41, 5.74) is 0. The van der Waals surface area contributed by atoms with Gasteiger partial charge in [0, 0.05) is 0 Å². The summed E-state index contributed by atoms with van der Waals surface area (Å²) >= 11 is 17.3. The molecule has 0 N–H and O–H groups in total. The van der Waals surface area contributed by atoms with Crippen molar-refractivity contribution in [3.05, 3.63) is 0 Å². The normalized spacial score (nSPS) is 9.73. The van der Waals surface area contributed by atoms with Crippen LogP contribution in [0.15, 0.2) is 0 Å². The molecule has 0 fully saturated rings. The maximum Gasteiger partial charge on any atom is 0.316 e. The smallest absolute Gasteiger partial charge is 0.316 e. The average Bonchev–Trinajstić information content (AvgIpc) is 2.48. The van der Waals surface area contributed by atoms with Gasteiger partial charge >= 0.3 is 5.97 Å². The van der Waals surface area contributed by atoms with Crippen molar-refractivity contribution in [2.45, 2.75) is 13.8 Å². The van der Waals surface area contributed by atoms with Gasteiger partial charge in [-0.15, -0.1) is 0 Å². The summed E-state index contributed by atoms with van der Waals surface area (Å²) in [6, 6.07) is 0. The van der Waals surface area contributed by atoms with E-state index >= 15 is 0 Å². The first kappa shape index (κ1) is 21.8. The van der Waals surface area contributed by atoms with Crippen molar-refractivity contribution in [3.8, 4) is 0 Å². The second kappa shape index (κ2) is 14.4. The number of thiocarbonyl (C=S) groups is 3. The molecule has 0 rings (SSSR count). The van der Waals surface area contributed by atoms with Crippen molar-refractivity contribution in [2.24, 2.45) is 0 Å². The summed E-state index contributed by atoms with van der Waals surface area (Å²) in [5.74, 6) is 0.163. The number of hydrogen-bond donors (Lipinski definition) is 0. The zero-order valence-corrected chi connectivity index (χ0v) is 16.4. The highest BCUT2D eigenvalue weighted by atomic mass is 32.2. The Labute approximate surface area is 155 Å². The van der Waals surface area contributed by atoms with Gasteiger partial charge in [0.05, 0.1) is 24.7 Å². The van der Waals surface area contributed by atoms with E-state index in [1.54, 1.807) is 0 Å². The van der Waals surface area contributed by atoms with Crippen LogP contribution in [0.1, 0.15) is 13.8 Å². The Morgan fingerprint density at radius 2 is 1.32 bits per heavy atom. The minimum Gasteiger partial charge on any atom is -0.483 e. The van der Waals surface area contributed by atoms with E-state index in [-0.39, 0.29) is 24.9 Å². The van der Waals surface area contributed by atoms with Crippen molar-refractivity contribution < 1.29 is 23.7 Å². The molecule has 22 heavy (non-hydrogen) atoms. The van der Waals surface area contributed by atoms with E-state index in [4.69, 9.17) is 55.6 Å². The summed E-state index contributed by atoms with van der Waals surface area (Å²) in [5, 5.41) is 0.384. The maximum absolute atomic E-state index is 11.4. The molecule has 0 aliphatic heterocycles. The van der Waals surface area contributed by atoms with Crippen LogP contribution < -0.4 is 0 Å². The Hall–Kier alpha value is -0.160. The molecule has 0 aromatic heterocycles. The average molecular weight is 403 g/mol. The first-order valence-electron chi connectivity index (χ1n) is 6.39. The molecule has 0 aromatic carbocycles. The Morgan fingerprint density at radius 1 is 0.818 bits per heavy atom. The summed E-state index contributed by atoms with van der Waals surface area (Å²) < 4.78 is 21.1. The number of ether oxygens (including phenoxy) is 4. The van der Waals surface area contributed by atoms with Crippen LogP contribution in [0.25, 0.3) is 0 Å². The van der Waals surface area contributed by atoms with Gasteiger partial charge in [-0.2, -0.15) is 0 Å². The van der Waals surface area contributed by atoms with Gasteiger partial charge < -0.3 is 18.9 Å². The largest absolute Gasteiger partial charge is 0.483 e. The third-order valence-electron chi connectivity index (χ3n) is 1.75. The predicted molar refractivity (Wildman–Crippen MR) is 103 cm³/mol. The molecule has 0 aromatic rings. The van der Waals surface area contributed by atoms with Gasteiger partial charge in [0.1, 0.15) is 13.2 Å². The lowest BCUT2D eigenvalue weighted by Crippen LogP contribution is -2.16. The highest BCUT2D eigenvalue weighted by Crippen LogP contribution is 2.08. The standard InChI is InChI=1S/C12H18O5S5/c1-3-14-11(19)21-7-9(13)16-5-6-17-10(18)8-22-12(20)15-4-2/h3-8H2,1-2H3. The number of thioether (sulfide) groups is 2. The minimum atomic E-state index is -0.381. The summed E-state index contributed by atoms with van der Waals surface area (Å²) in [4.78, 5) is 11.4. The van der Waals surface area contributed by atoms with E-state index in [0.29, 0.717) is 32.8 Å². The highest BCUT2D eigenvalue weighted by Gasteiger charge is 2.07. The molecule has 5 nitrogen and oxygen atoms in total. The predicted octanol–water partition coefficient (Wildman–Crippen LogP) is 2.98. The van der Waals surface area contributed by atoms with Crippen LogP contribution >= 0.6 is 60.2 Å². The Morgan fingerprint density at radius 3 is 1.86 bits per heavy atom. The number of rotatable bonds is 9. The third kappa shape index (κ3) is 13.5. The maximum atomic E-state index is 11.4. The second-order valence-electron chi connectivity index (χ2n) is 3.38. The molecule has 0 atom stereocenters. The molecule has 0 saturated carbocycles. The van der Waals surface area contributed by atoms with Crippen LogP contribution in [-0.4, -0.2) is 57.7 Å². The molecule has 0 unspecified atom stereocenters. The van der Waals surface area contributed by atoms with E-state index in [2.05, 4.69) is 0 Å². The van der Waals surface area contributed by atoms with Crippen molar-refractivity contribution in [1.29, 1.82) is 0 Å². The lowest BCUT2D eigenvalue weighted by atomic mass is 10.7. The summed E-state index contributed by atoms with van der Waals surface area (Å²) in [6.45, 7) is 5.02. The Bertz CT molecular complexity index is 352. The summed E-state index contributed by atoms with van der Waals surface area (Å²) in [7, 11) is 0. The van der Waals surface area contributed by atoms with Crippen molar-refractivity contribution in [3.63, 3.8) is 0 Å². The monoisotopic (exact) mass is 402 g/mol. The molecule has 0 spiro atoms. The number of carbonyl (C=O) groups is 1. The summed E-state index contributed by atoms with van der Waals surface area (Å²) in [6.07, 6.45) is 0. The molecule has 126 valence electrons. The van der Waals surface area contributed by atoms with Crippen LogP contribution in [0.3, 0.4) is 0 Å². The molecular weight excluding hydrogens is 384 g/mol. The van der Waals surface area contributed by atoms with Gasteiger partial charge in [-0.25, -0.2) is 0 Å². The van der Waals surface area contributed by atoms with E-state index in [9.17, 15) is 4.79 Å². The van der Waals surface area contributed by atoms with Gasteiger partial charge in [-0.05, 0) is 50.5 Å². The van der Waals surface area contributed by atoms with Gasteiger partial charge in [0.25, 0.3) is 0 Å². The van der Waals surface area contributed by atoms with Crippen LogP contribution in [0.5, 0.6) is 0 Å². The molecule has 0 heterocycles. The topological polar surface area (TPSA) is 54.0 Å². The zero-order chi connectivity index (χ0) is 16.8. The molecule has 0 saturated heterocycles. The fourth-order valence-corrected chi connectivity index (χ4v) is 2.84. The van der Waals surface area contributed by atoms with Crippen molar-refractivity contribution in [1.82, 2.24) is 0 Å². The quantitative estimate of drug-likeness (QED) is 0.327. The van der Waals surface area contributed by atoms with Crippen LogP contribution in [0, 0.1) is 0 Å².